The number of hydrogen-bond acceptors (Lipinski definition) is 7. The molecule has 11 heteroatoms. The molecule has 0 aliphatic carbocycles. The van der Waals surface area contributed by atoms with E-state index < -0.39 is 29.1 Å². The fraction of sp³-hybridized carbons (Fsp3) is 0.360. The number of pyridine rings is 1. The average molecular weight is 513 g/mol. The number of benzene rings is 1. The summed E-state index contributed by atoms with van der Waals surface area (Å²) in [7, 11) is 1.39. The summed E-state index contributed by atoms with van der Waals surface area (Å²) < 4.78 is 16.6. The van der Waals surface area contributed by atoms with Crippen LogP contribution >= 0.6 is 11.3 Å². The molecule has 188 valence electrons. The molecule has 5 rings (SSSR count). The molecule has 1 aliphatic rings. The topological polar surface area (TPSA) is 107 Å². The van der Waals surface area contributed by atoms with Crippen molar-refractivity contribution >= 4 is 38.4 Å². The van der Waals surface area contributed by atoms with Crippen LogP contribution in [0.5, 0.6) is 0 Å². The van der Waals surface area contributed by atoms with Gasteiger partial charge in [0.25, 0.3) is 11.5 Å². The molecule has 1 N–H and O–H groups in total. The SMILES string of the molecule is CC(C)Cn1c(=O)n(C)c(=O)c2c(C(=O)N3CC(O)CO3)c(Cc3ccnc4ccc(F)cc34)sc21. The third-order valence-corrected chi connectivity index (χ3v) is 7.39. The lowest BCUT2D eigenvalue weighted by Gasteiger charge is -2.15. The Hall–Kier alpha value is -3.41. The van der Waals surface area contributed by atoms with Gasteiger partial charge in [0.1, 0.15) is 23.4 Å². The van der Waals surface area contributed by atoms with Crippen molar-refractivity contribution in [2.24, 2.45) is 13.0 Å². The standard InChI is InChI=1S/C25H25FN4O5S/c1-13(2)10-29-24-21(22(32)28(3)25(29)34)20(23(33)30-11-16(31)12-35-30)19(36-24)8-14-6-7-27-18-5-4-15(26)9-17(14)18/h4-7,9,13,16,31H,8,10-12H2,1-3H3. The summed E-state index contributed by atoms with van der Waals surface area (Å²) in [5.74, 6) is -0.870. The highest BCUT2D eigenvalue weighted by molar-refractivity contribution is 7.19. The van der Waals surface area contributed by atoms with Gasteiger partial charge in [-0.2, -0.15) is 0 Å². The number of nitrogens with zero attached hydrogens (tertiary/aromatic N) is 4. The number of carbonyl (C=O) groups excluding carboxylic acids is 1. The maximum Gasteiger partial charge on any atom is 0.331 e. The van der Waals surface area contributed by atoms with Gasteiger partial charge in [0.15, 0.2) is 0 Å². The highest BCUT2D eigenvalue weighted by atomic mass is 32.1. The first-order valence-electron chi connectivity index (χ1n) is 11.6. The number of rotatable bonds is 5. The summed E-state index contributed by atoms with van der Waals surface area (Å²) in [6, 6.07) is 6.05. The molecule has 1 atom stereocenters. The highest BCUT2D eigenvalue weighted by Gasteiger charge is 2.33. The van der Waals surface area contributed by atoms with Crippen molar-refractivity contribution in [1.82, 2.24) is 19.2 Å². The second-order valence-corrected chi connectivity index (χ2v) is 10.4. The van der Waals surface area contributed by atoms with Gasteiger partial charge in [-0.25, -0.2) is 14.2 Å². The van der Waals surface area contributed by atoms with Gasteiger partial charge in [-0.15, -0.1) is 11.3 Å². The normalized spacial score (nSPS) is 16.1. The van der Waals surface area contributed by atoms with Gasteiger partial charge in [-0.3, -0.25) is 28.5 Å². The molecule has 3 aromatic heterocycles. The van der Waals surface area contributed by atoms with Gasteiger partial charge >= 0.3 is 5.69 Å². The predicted molar refractivity (Wildman–Crippen MR) is 134 cm³/mol. The quantitative estimate of drug-likeness (QED) is 0.440. The molecule has 1 fully saturated rings. The fourth-order valence-electron chi connectivity index (χ4n) is 4.49. The van der Waals surface area contributed by atoms with Crippen LogP contribution in [-0.2, 0) is 24.9 Å². The Kier molecular flexibility index (Phi) is 6.23. The summed E-state index contributed by atoms with van der Waals surface area (Å²) in [5.41, 5.74) is 0.408. The number of aromatic nitrogens is 3. The molecule has 9 nitrogen and oxygen atoms in total. The number of thiophene rings is 1. The third-order valence-electron chi connectivity index (χ3n) is 6.18. The zero-order valence-electron chi connectivity index (χ0n) is 20.0. The molecule has 0 radical (unpaired) electrons. The summed E-state index contributed by atoms with van der Waals surface area (Å²) in [6.07, 6.45) is 0.979. The largest absolute Gasteiger partial charge is 0.389 e. The van der Waals surface area contributed by atoms with E-state index in [2.05, 4.69) is 4.98 Å². The molecule has 0 spiro atoms. The van der Waals surface area contributed by atoms with Crippen LogP contribution in [0.3, 0.4) is 0 Å². The van der Waals surface area contributed by atoms with Gasteiger partial charge in [0, 0.05) is 36.5 Å². The van der Waals surface area contributed by atoms with E-state index in [1.165, 1.54) is 35.1 Å². The molecule has 36 heavy (non-hydrogen) atoms. The first kappa shape index (κ1) is 24.3. The van der Waals surface area contributed by atoms with Crippen LogP contribution < -0.4 is 11.2 Å². The lowest BCUT2D eigenvalue weighted by molar-refractivity contribution is -0.0778. The maximum absolute atomic E-state index is 14.1. The lowest BCUT2D eigenvalue weighted by Crippen LogP contribution is -2.39. The Bertz CT molecular complexity index is 1620. The molecule has 1 aliphatic heterocycles. The van der Waals surface area contributed by atoms with Crippen molar-refractivity contribution in [3.8, 4) is 0 Å². The molecule has 1 unspecified atom stereocenters. The van der Waals surface area contributed by atoms with Gasteiger partial charge in [-0.1, -0.05) is 13.8 Å². The number of hydroxylamine groups is 2. The first-order chi connectivity index (χ1) is 17.2. The predicted octanol–water partition coefficient (Wildman–Crippen LogP) is 2.44. The molecule has 1 saturated heterocycles. The minimum absolute atomic E-state index is 0.0342. The Labute approximate surface area is 208 Å². The van der Waals surface area contributed by atoms with E-state index >= 15 is 0 Å². The molecule has 1 aromatic carbocycles. The number of aliphatic hydroxyl groups excluding tert-OH is 1. The van der Waals surface area contributed by atoms with Crippen molar-refractivity contribution < 1.29 is 19.1 Å². The number of aliphatic hydroxyl groups is 1. The highest BCUT2D eigenvalue weighted by Crippen LogP contribution is 2.34. The molecule has 0 bridgehead atoms. The van der Waals surface area contributed by atoms with E-state index in [9.17, 15) is 23.9 Å². The van der Waals surface area contributed by atoms with Crippen molar-refractivity contribution in [3.05, 3.63) is 73.1 Å². The van der Waals surface area contributed by atoms with Crippen LogP contribution in [0.1, 0.15) is 34.6 Å². The summed E-state index contributed by atoms with van der Waals surface area (Å²) in [4.78, 5) is 50.7. The number of β-amino-alcohol motifs (C(OH)–C–C–N with tert-alkyl or cyclic N) is 1. The minimum atomic E-state index is -0.837. The van der Waals surface area contributed by atoms with Gasteiger partial charge < -0.3 is 5.11 Å². The summed E-state index contributed by atoms with van der Waals surface area (Å²) in [6.45, 7) is 4.21. The van der Waals surface area contributed by atoms with Gasteiger partial charge in [-0.05, 0) is 35.7 Å². The van der Waals surface area contributed by atoms with E-state index in [1.807, 2.05) is 13.8 Å². The van der Waals surface area contributed by atoms with Crippen molar-refractivity contribution in [2.75, 3.05) is 13.2 Å². The summed E-state index contributed by atoms with van der Waals surface area (Å²) >= 11 is 1.19. The minimum Gasteiger partial charge on any atom is -0.389 e. The number of fused-ring (bicyclic) bond motifs is 2. The second-order valence-electron chi connectivity index (χ2n) is 9.36. The number of halogens is 1. The average Bonchev–Trinajstić information content (AvgIpc) is 3.44. The lowest BCUT2D eigenvalue weighted by atomic mass is 10.0. The number of hydrogen-bond donors (Lipinski definition) is 1. The molecular formula is C25H25FN4O5S. The van der Waals surface area contributed by atoms with Gasteiger partial charge in [0.05, 0.1) is 23.0 Å². The second kappa shape index (κ2) is 9.23. The van der Waals surface area contributed by atoms with Gasteiger partial charge in [0.2, 0.25) is 0 Å². The third kappa shape index (κ3) is 4.12. The van der Waals surface area contributed by atoms with Crippen LogP contribution in [0.2, 0.25) is 0 Å². The smallest absolute Gasteiger partial charge is 0.331 e. The van der Waals surface area contributed by atoms with E-state index in [0.717, 1.165) is 15.2 Å². The zero-order valence-corrected chi connectivity index (χ0v) is 20.8. The van der Waals surface area contributed by atoms with Crippen LogP contribution in [0.25, 0.3) is 21.1 Å². The first-order valence-corrected chi connectivity index (χ1v) is 12.4. The molecule has 4 aromatic rings. The maximum atomic E-state index is 14.1. The van der Waals surface area contributed by atoms with Crippen LogP contribution in [0, 0.1) is 11.7 Å². The fourth-order valence-corrected chi connectivity index (χ4v) is 5.80. The summed E-state index contributed by atoms with van der Waals surface area (Å²) in [5, 5.41) is 11.7. The molecular weight excluding hydrogens is 487 g/mol. The Morgan fingerprint density at radius 3 is 2.78 bits per heavy atom. The molecule has 1 amide bonds. The Balaban J connectivity index is 1.78. The molecule has 4 heterocycles. The monoisotopic (exact) mass is 512 g/mol. The van der Waals surface area contributed by atoms with E-state index in [4.69, 9.17) is 4.84 Å². The number of carbonyl (C=O) groups is 1. The van der Waals surface area contributed by atoms with Crippen LogP contribution in [-0.4, -0.2) is 49.5 Å². The van der Waals surface area contributed by atoms with Crippen LogP contribution in [0.15, 0.2) is 40.1 Å². The Morgan fingerprint density at radius 2 is 2.08 bits per heavy atom. The number of amides is 1. The van der Waals surface area contributed by atoms with E-state index in [0.29, 0.717) is 27.2 Å². The van der Waals surface area contributed by atoms with Crippen molar-refractivity contribution in [1.29, 1.82) is 0 Å². The zero-order chi connectivity index (χ0) is 25.7. The van der Waals surface area contributed by atoms with E-state index in [-0.39, 0.29) is 36.4 Å². The Morgan fingerprint density at radius 1 is 1.31 bits per heavy atom. The molecule has 0 saturated carbocycles. The van der Waals surface area contributed by atoms with Crippen molar-refractivity contribution in [2.45, 2.75) is 32.9 Å². The van der Waals surface area contributed by atoms with Crippen LogP contribution in [0.4, 0.5) is 4.39 Å². The van der Waals surface area contributed by atoms with Crippen molar-refractivity contribution in [3.63, 3.8) is 0 Å². The van der Waals surface area contributed by atoms with E-state index in [1.54, 1.807) is 18.3 Å².